The van der Waals surface area contributed by atoms with Crippen molar-refractivity contribution in [3.05, 3.63) is 108 Å². The lowest BCUT2D eigenvalue weighted by Crippen LogP contribution is -2.41. The lowest BCUT2D eigenvalue weighted by molar-refractivity contribution is -0.146. The van der Waals surface area contributed by atoms with Gasteiger partial charge < -0.3 is 20.5 Å². The molecule has 4 aromatic rings. The number of hydrogen-bond donors (Lipinski definition) is 2. The summed E-state index contributed by atoms with van der Waals surface area (Å²) in [5, 5.41) is 3.38. The van der Waals surface area contributed by atoms with Crippen molar-refractivity contribution in [2.24, 2.45) is 5.73 Å². The number of fused-ring (bicyclic) bond motifs is 1. The molecule has 3 aromatic carbocycles. The number of carbonyl (C=O) groups excluding carboxylic acids is 3. The van der Waals surface area contributed by atoms with Crippen molar-refractivity contribution in [3.63, 3.8) is 0 Å². The zero-order valence-corrected chi connectivity index (χ0v) is 20.5. The third kappa shape index (κ3) is 6.62. The molecule has 0 saturated heterocycles. The summed E-state index contributed by atoms with van der Waals surface area (Å²) in [6.07, 6.45) is 1.16. The lowest BCUT2D eigenvalue weighted by Gasteiger charge is -2.14. The number of esters is 1. The van der Waals surface area contributed by atoms with Crippen LogP contribution in [0.25, 0.3) is 10.9 Å². The predicted molar refractivity (Wildman–Crippen MR) is 140 cm³/mol. The molecule has 0 bridgehead atoms. The second-order valence-electron chi connectivity index (χ2n) is 8.71. The minimum absolute atomic E-state index is 0.0996. The number of amides is 1. The number of hydrogen-bond acceptors (Lipinski definition) is 6. The minimum atomic E-state index is -0.901. The lowest BCUT2D eigenvalue weighted by atomic mass is 10.1. The quantitative estimate of drug-likeness (QED) is 0.334. The smallest absolute Gasteiger partial charge is 0.408 e. The van der Waals surface area contributed by atoms with Crippen LogP contribution in [0.4, 0.5) is 4.79 Å². The number of nitrogens with one attached hydrogen (secondary N) is 1. The van der Waals surface area contributed by atoms with E-state index in [2.05, 4.69) is 5.32 Å². The van der Waals surface area contributed by atoms with Crippen molar-refractivity contribution >= 4 is 28.9 Å². The highest BCUT2D eigenvalue weighted by Crippen LogP contribution is 2.23. The molecule has 0 aliphatic carbocycles. The Labute approximate surface area is 215 Å². The van der Waals surface area contributed by atoms with Crippen molar-refractivity contribution in [1.82, 2.24) is 9.88 Å². The van der Waals surface area contributed by atoms with Crippen molar-refractivity contribution in [2.75, 3.05) is 0 Å². The molecule has 0 aliphatic rings. The van der Waals surface area contributed by atoms with E-state index in [-0.39, 0.29) is 25.5 Å². The largest absolute Gasteiger partial charge is 0.460 e. The van der Waals surface area contributed by atoms with Crippen LogP contribution in [0, 0.1) is 0 Å². The first-order valence-corrected chi connectivity index (χ1v) is 12.0. The maximum atomic E-state index is 13.2. The topological polar surface area (TPSA) is 113 Å². The molecule has 4 rings (SSSR count). The van der Waals surface area contributed by atoms with Gasteiger partial charge in [-0.25, -0.2) is 4.79 Å². The predicted octanol–water partition coefficient (Wildman–Crippen LogP) is 4.21. The molecule has 8 heteroatoms. The molecule has 0 fully saturated rings. The standard InChI is InChI=1S/C29H29N3O5/c1-20(31-29(35)37-19-22-12-6-3-7-13-22)27(33)32-17-23(24-14-8-9-15-26(24)32)16-25(30)28(34)36-18-21-10-4-2-5-11-21/h2-15,17,20,25H,16,18-19,30H2,1H3,(H,31,35)/t20-,25-/m0/s1. The van der Waals surface area contributed by atoms with Crippen LogP contribution in [-0.2, 0) is 33.9 Å². The van der Waals surface area contributed by atoms with E-state index in [9.17, 15) is 14.4 Å². The van der Waals surface area contributed by atoms with E-state index >= 15 is 0 Å². The molecule has 3 N–H and O–H groups in total. The summed E-state index contributed by atoms with van der Waals surface area (Å²) < 4.78 is 12.1. The molecule has 1 heterocycles. The Morgan fingerprint density at radius 3 is 2.05 bits per heavy atom. The van der Waals surface area contributed by atoms with E-state index in [1.807, 2.05) is 78.9 Å². The second kappa shape index (κ2) is 12.0. The third-order valence-corrected chi connectivity index (χ3v) is 5.92. The van der Waals surface area contributed by atoms with Gasteiger partial charge in [-0.3, -0.25) is 14.2 Å². The van der Waals surface area contributed by atoms with Crippen LogP contribution in [0.3, 0.4) is 0 Å². The van der Waals surface area contributed by atoms with Gasteiger partial charge in [-0.1, -0.05) is 78.9 Å². The zero-order valence-electron chi connectivity index (χ0n) is 20.5. The molecule has 0 saturated carbocycles. The monoisotopic (exact) mass is 499 g/mol. The van der Waals surface area contributed by atoms with Crippen molar-refractivity contribution in [3.8, 4) is 0 Å². The van der Waals surface area contributed by atoms with Gasteiger partial charge in [-0.05, 0) is 29.7 Å². The number of alkyl carbamates (subject to hydrolysis) is 1. The highest BCUT2D eigenvalue weighted by atomic mass is 16.5. The Balaban J connectivity index is 1.41. The summed E-state index contributed by atoms with van der Waals surface area (Å²) in [5.41, 5.74) is 9.25. The second-order valence-corrected chi connectivity index (χ2v) is 8.71. The maximum absolute atomic E-state index is 13.2. The summed E-state index contributed by atoms with van der Waals surface area (Å²) in [6, 6.07) is 24.2. The number of nitrogens with two attached hydrogens (primary N) is 1. The molecule has 0 aliphatic heterocycles. The van der Waals surface area contributed by atoms with E-state index in [4.69, 9.17) is 15.2 Å². The van der Waals surface area contributed by atoms with Crippen LogP contribution in [0.15, 0.2) is 91.1 Å². The van der Waals surface area contributed by atoms with Crippen LogP contribution in [0.1, 0.15) is 28.4 Å². The van der Waals surface area contributed by atoms with Crippen LogP contribution < -0.4 is 11.1 Å². The molecule has 37 heavy (non-hydrogen) atoms. The number of aromatic nitrogens is 1. The average Bonchev–Trinajstić information content (AvgIpc) is 3.29. The fraction of sp³-hybridized carbons (Fsp3) is 0.207. The average molecular weight is 500 g/mol. The van der Waals surface area contributed by atoms with Gasteiger partial charge in [0.15, 0.2) is 0 Å². The van der Waals surface area contributed by atoms with Crippen molar-refractivity contribution in [2.45, 2.75) is 38.6 Å². The number of carbonyl (C=O) groups is 3. The van der Waals surface area contributed by atoms with Gasteiger partial charge in [-0.15, -0.1) is 0 Å². The SMILES string of the molecule is C[C@H](NC(=O)OCc1ccccc1)C(=O)n1cc(C[C@H](N)C(=O)OCc2ccccc2)c2ccccc21. The van der Waals surface area contributed by atoms with Gasteiger partial charge in [0.05, 0.1) is 5.52 Å². The van der Waals surface area contributed by atoms with E-state index < -0.39 is 24.1 Å². The molecule has 0 spiro atoms. The van der Waals surface area contributed by atoms with E-state index in [0.717, 1.165) is 22.1 Å². The maximum Gasteiger partial charge on any atom is 0.408 e. The first-order chi connectivity index (χ1) is 17.9. The first-order valence-electron chi connectivity index (χ1n) is 12.0. The molecular weight excluding hydrogens is 470 g/mol. The van der Waals surface area contributed by atoms with Crippen LogP contribution in [0.5, 0.6) is 0 Å². The molecule has 1 aromatic heterocycles. The minimum Gasteiger partial charge on any atom is -0.460 e. The first kappa shape index (κ1) is 25.7. The van der Waals surface area contributed by atoms with Gasteiger partial charge in [0.1, 0.15) is 25.3 Å². The fourth-order valence-electron chi connectivity index (χ4n) is 3.96. The Morgan fingerprint density at radius 1 is 0.838 bits per heavy atom. The van der Waals surface area contributed by atoms with Gasteiger partial charge in [-0.2, -0.15) is 0 Å². The normalized spacial score (nSPS) is 12.5. The van der Waals surface area contributed by atoms with Crippen LogP contribution >= 0.6 is 0 Å². The number of nitrogens with zero attached hydrogens (tertiary/aromatic N) is 1. The summed E-state index contributed by atoms with van der Waals surface area (Å²) in [5.74, 6) is -0.873. The fourth-order valence-corrected chi connectivity index (χ4v) is 3.96. The number of ether oxygens (including phenoxy) is 2. The molecular formula is C29H29N3O5. The number of rotatable bonds is 9. The molecule has 8 nitrogen and oxygen atoms in total. The Bertz CT molecular complexity index is 1370. The van der Waals surface area contributed by atoms with Crippen LogP contribution in [-0.4, -0.2) is 34.6 Å². The zero-order chi connectivity index (χ0) is 26.2. The Hall–Kier alpha value is -4.43. The number of benzene rings is 3. The molecule has 1 amide bonds. The summed E-state index contributed by atoms with van der Waals surface area (Å²) >= 11 is 0. The van der Waals surface area contributed by atoms with Crippen molar-refractivity contribution < 1.29 is 23.9 Å². The highest BCUT2D eigenvalue weighted by Gasteiger charge is 2.23. The van der Waals surface area contributed by atoms with Gasteiger partial charge >= 0.3 is 12.1 Å². The van der Waals surface area contributed by atoms with E-state index in [1.165, 1.54) is 4.57 Å². The van der Waals surface area contributed by atoms with Gasteiger partial charge in [0.2, 0.25) is 0 Å². The van der Waals surface area contributed by atoms with Crippen molar-refractivity contribution in [1.29, 1.82) is 0 Å². The molecule has 190 valence electrons. The van der Waals surface area contributed by atoms with Gasteiger partial charge in [0, 0.05) is 18.0 Å². The molecule has 2 atom stereocenters. The van der Waals surface area contributed by atoms with E-state index in [1.54, 1.807) is 19.2 Å². The number of para-hydroxylation sites is 1. The van der Waals surface area contributed by atoms with E-state index in [0.29, 0.717) is 5.52 Å². The van der Waals surface area contributed by atoms with Gasteiger partial charge in [0.25, 0.3) is 5.91 Å². The molecule has 0 radical (unpaired) electrons. The molecule has 0 unspecified atom stereocenters. The Morgan fingerprint density at radius 2 is 1.41 bits per heavy atom. The summed E-state index contributed by atoms with van der Waals surface area (Å²) in [6.45, 7) is 1.83. The highest BCUT2D eigenvalue weighted by molar-refractivity contribution is 5.97. The summed E-state index contributed by atoms with van der Waals surface area (Å²) in [7, 11) is 0. The van der Waals surface area contributed by atoms with Crippen LogP contribution in [0.2, 0.25) is 0 Å². The third-order valence-electron chi connectivity index (χ3n) is 5.92. The summed E-state index contributed by atoms with van der Waals surface area (Å²) in [4.78, 5) is 38.0. The Kier molecular flexibility index (Phi) is 8.33.